The Morgan fingerprint density at radius 1 is 1.43 bits per heavy atom. The summed E-state index contributed by atoms with van der Waals surface area (Å²) in [6, 6.07) is 0. The lowest BCUT2D eigenvalue weighted by molar-refractivity contribution is 0.505. The molecule has 0 aromatic rings. The van der Waals surface area contributed by atoms with Gasteiger partial charge in [-0.05, 0) is 27.7 Å². The van der Waals surface area contributed by atoms with Crippen molar-refractivity contribution in [2.75, 3.05) is 21.1 Å². The molecule has 0 radical (unpaired) electrons. The highest BCUT2D eigenvalue weighted by atomic mass is 16.1. The molecule has 0 aliphatic carbocycles. The standard InChI is InChI=1S/C3H9N.C2H2O/c1-4(2)3;1-2-3/h1-3H3;1H2. The van der Waals surface area contributed by atoms with Crippen molar-refractivity contribution in [2.45, 2.75) is 0 Å². The molecule has 0 aliphatic heterocycles. The molecule has 0 saturated heterocycles. The second-order valence-corrected chi connectivity index (χ2v) is 1.49. The SMILES string of the molecule is C=C=O.CN(C)C. The third-order valence-corrected chi connectivity index (χ3v) is 0. The molecule has 0 amide bonds. The first kappa shape index (κ1) is 9.65. The van der Waals surface area contributed by atoms with E-state index in [1.807, 2.05) is 26.0 Å². The van der Waals surface area contributed by atoms with Gasteiger partial charge in [0.1, 0.15) is 5.94 Å². The summed E-state index contributed by atoms with van der Waals surface area (Å²) in [5.41, 5.74) is 0. The lowest BCUT2D eigenvalue weighted by Crippen LogP contribution is -1.99. The summed E-state index contributed by atoms with van der Waals surface area (Å²) in [4.78, 5) is 10.6. The fourth-order valence-electron chi connectivity index (χ4n) is 0. The highest BCUT2D eigenvalue weighted by Gasteiger charge is 1.58. The second-order valence-electron chi connectivity index (χ2n) is 1.49. The van der Waals surface area contributed by atoms with Crippen molar-refractivity contribution in [3.8, 4) is 0 Å². The fourth-order valence-corrected chi connectivity index (χ4v) is 0. The molecule has 0 unspecified atom stereocenters. The maximum Gasteiger partial charge on any atom is 0.116 e. The van der Waals surface area contributed by atoms with E-state index in [0.29, 0.717) is 0 Å². The number of hydrogen-bond acceptors (Lipinski definition) is 2. The van der Waals surface area contributed by atoms with Crippen LogP contribution in [-0.2, 0) is 4.79 Å². The van der Waals surface area contributed by atoms with Crippen LogP contribution >= 0.6 is 0 Å². The highest BCUT2D eigenvalue weighted by Crippen LogP contribution is 1.47. The Morgan fingerprint density at radius 3 is 1.43 bits per heavy atom. The number of rotatable bonds is 0. The third-order valence-electron chi connectivity index (χ3n) is 0. The van der Waals surface area contributed by atoms with Crippen LogP contribution in [0.5, 0.6) is 0 Å². The maximum absolute atomic E-state index is 8.57. The Labute approximate surface area is 44.4 Å². The van der Waals surface area contributed by atoms with Crippen LogP contribution in [0.25, 0.3) is 0 Å². The topological polar surface area (TPSA) is 20.3 Å². The second kappa shape index (κ2) is 9.05. The van der Waals surface area contributed by atoms with Gasteiger partial charge in [0.05, 0.1) is 0 Å². The van der Waals surface area contributed by atoms with Crippen LogP contribution in [0.1, 0.15) is 0 Å². The summed E-state index contributed by atoms with van der Waals surface area (Å²) in [7, 11) is 6.00. The van der Waals surface area contributed by atoms with E-state index in [-0.39, 0.29) is 0 Å². The van der Waals surface area contributed by atoms with Gasteiger partial charge in [0.15, 0.2) is 0 Å². The van der Waals surface area contributed by atoms with Crippen LogP contribution in [0.2, 0.25) is 0 Å². The van der Waals surface area contributed by atoms with E-state index >= 15 is 0 Å². The van der Waals surface area contributed by atoms with Crippen molar-refractivity contribution >= 4 is 5.94 Å². The molecule has 42 valence electrons. The predicted molar refractivity (Wildman–Crippen MR) is 30.9 cm³/mol. The molecule has 2 heteroatoms. The lowest BCUT2D eigenvalue weighted by atomic mass is 11.0. The molecule has 0 bridgehead atoms. The molecule has 0 saturated carbocycles. The smallest absolute Gasteiger partial charge is 0.116 e. The quantitative estimate of drug-likeness (QED) is 0.406. The Morgan fingerprint density at radius 2 is 1.43 bits per heavy atom. The molecular formula is C5H11NO. The zero-order valence-electron chi connectivity index (χ0n) is 5.06. The monoisotopic (exact) mass is 101 g/mol. The van der Waals surface area contributed by atoms with Crippen molar-refractivity contribution in [3.63, 3.8) is 0 Å². The van der Waals surface area contributed by atoms with Gasteiger partial charge in [0.2, 0.25) is 0 Å². The van der Waals surface area contributed by atoms with Crippen LogP contribution in [-0.4, -0.2) is 32.0 Å². The van der Waals surface area contributed by atoms with Gasteiger partial charge in [-0.1, -0.05) is 0 Å². The van der Waals surface area contributed by atoms with E-state index in [4.69, 9.17) is 4.79 Å². The molecule has 0 fully saturated rings. The highest BCUT2D eigenvalue weighted by molar-refractivity contribution is 5.38. The van der Waals surface area contributed by atoms with E-state index in [9.17, 15) is 0 Å². The summed E-state index contributed by atoms with van der Waals surface area (Å²) in [6.07, 6.45) is 0. The Bertz CT molecular complexity index is 50.3. The van der Waals surface area contributed by atoms with Crippen molar-refractivity contribution in [2.24, 2.45) is 0 Å². The number of carbonyl (C=O) groups excluding carboxylic acids is 1. The van der Waals surface area contributed by atoms with Crippen molar-refractivity contribution in [1.82, 2.24) is 4.90 Å². The molecule has 0 aromatic carbocycles. The van der Waals surface area contributed by atoms with Gasteiger partial charge in [0, 0.05) is 0 Å². The molecule has 7 heavy (non-hydrogen) atoms. The van der Waals surface area contributed by atoms with Crippen LogP contribution in [0, 0.1) is 0 Å². The molecule has 0 N–H and O–H groups in total. The third kappa shape index (κ3) is 181. The number of nitrogens with zero attached hydrogens (tertiary/aromatic N) is 1. The average Bonchev–Trinajstić information content (AvgIpc) is 1.33. The molecule has 0 heterocycles. The first-order valence-electron chi connectivity index (χ1n) is 1.90. The van der Waals surface area contributed by atoms with Crippen LogP contribution in [0.4, 0.5) is 0 Å². The first-order valence-corrected chi connectivity index (χ1v) is 1.90. The van der Waals surface area contributed by atoms with E-state index in [1.165, 1.54) is 5.94 Å². The molecule has 0 aliphatic rings. The summed E-state index contributed by atoms with van der Waals surface area (Å²) >= 11 is 0. The fraction of sp³-hybridized carbons (Fsp3) is 0.600. The Hall–Kier alpha value is -0.590. The van der Waals surface area contributed by atoms with E-state index < -0.39 is 0 Å². The van der Waals surface area contributed by atoms with Gasteiger partial charge in [-0.2, -0.15) is 0 Å². The molecular weight excluding hydrogens is 90.1 g/mol. The molecule has 0 aromatic heterocycles. The van der Waals surface area contributed by atoms with Crippen molar-refractivity contribution in [3.05, 3.63) is 6.58 Å². The van der Waals surface area contributed by atoms with E-state index in [2.05, 4.69) is 6.58 Å². The minimum atomic E-state index is 1.25. The average molecular weight is 101 g/mol. The first-order chi connectivity index (χ1) is 3.15. The summed E-state index contributed by atoms with van der Waals surface area (Å²) in [6.45, 7) is 2.68. The summed E-state index contributed by atoms with van der Waals surface area (Å²) in [5.74, 6) is 1.25. The van der Waals surface area contributed by atoms with Gasteiger partial charge in [-0.15, -0.1) is 0 Å². The van der Waals surface area contributed by atoms with Crippen LogP contribution < -0.4 is 0 Å². The zero-order chi connectivity index (χ0) is 6.28. The maximum atomic E-state index is 8.57. The molecule has 0 atom stereocenters. The van der Waals surface area contributed by atoms with Crippen molar-refractivity contribution < 1.29 is 4.79 Å². The lowest BCUT2D eigenvalue weighted by Gasteiger charge is -1.90. The normalized spacial score (nSPS) is 6.29. The Kier molecular flexibility index (Phi) is 12.5. The molecule has 0 rings (SSSR count). The van der Waals surface area contributed by atoms with Crippen LogP contribution in [0.15, 0.2) is 6.58 Å². The minimum absolute atomic E-state index is 1.25. The minimum Gasteiger partial charge on any atom is -0.312 e. The van der Waals surface area contributed by atoms with E-state index in [1.54, 1.807) is 0 Å². The van der Waals surface area contributed by atoms with E-state index in [0.717, 1.165) is 0 Å². The van der Waals surface area contributed by atoms with Gasteiger partial charge < -0.3 is 4.90 Å². The van der Waals surface area contributed by atoms with Gasteiger partial charge in [-0.3, -0.25) is 0 Å². The largest absolute Gasteiger partial charge is 0.312 e. The van der Waals surface area contributed by atoms with Gasteiger partial charge in [0.25, 0.3) is 0 Å². The zero-order valence-corrected chi connectivity index (χ0v) is 5.06. The summed E-state index contributed by atoms with van der Waals surface area (Å²) in [5, 5.41) is 0. The summed E-state index contributed by atoms with van der Waals surface area (Å²) < 4.78 is 0. The molecule has 2 nitrogen and oxygen atoms in total. The number of hydrogen-bond donors (Lipinski definition) is 0. The van der Waals surface area contributed by atoms with Gasteiger partial charge in [-0.25, -0.2) is 4.79 Å². The molecule has 0 spiro atoms. The predicted octanol–water partition coefficient (Wildman–Crippen LogP) is 0.182. The van der Waals surface area contributed by atoms with Crippen LogP contribution in [0.3, 0.4) is 0 Å². The Balaban J connectivity index is 0. The van der Waals surface area contributed by atoms with Crippen molar-refractivity contribution in [1.29, 1.82) is 0 Å². The van der Waals surface area contributed by atoms with Gasteiger partial charge >= 0.3 is 0 Å².